The molecule has 0 heterocycles. The van der Waals surface area contributed by atoms with E-state index in [4.69, 9.17) is 0 Å². The fraction of sp³-hybridized carbons (Fsp3) is 0.667. The van der Waals surface area contributed by atoms with Crippen LogP contribution in [0.1, 0.15) is 41.5 Å². The molecule has 0 aromatic heterocycles. The smallest absolute Gasteiger partial charge is 0.126 e. The number of rotatable bonds is 6. The maximum Gasteiger partial charge on any atom is 0.138 e. The van der Waals surface area contributed by atoms with E-state index in [1.807, 2.05) is 12.2 Å². The second kappa shape index (κ2) is 10.1. The molecule has 0 unspecified atom stereocenters. The second-order valence-corrected chi connectivity index (χ2v) is 15.4. The van der Waals surface area contributed by atoms with Gasteiger partial charge in [-0.15, -0.1) is 11.1 Å². The molecule has 0 aromatic carbocycles. The summed E-state index contributed by atoms with van der Waals surface area (Å²) in [4.78, 5) is 0. The summed E-state index contributed by atoms with van der Waals surface area (Å²) in [6.07, 6.45) is 3.94. The first-order valence-electron chi connectivity index (χ1n) is 8.27. The summed E-state index contributed by atoms with van der Waals surface area (Å²) in [5.74, 6) is 6.53. The third kappa shape index (κ3) is 5.74. The average molecular weight is 305 g/mol. The highest BCUT2D eigenvalue weighted by atomic mass is 28.3. The fourth-order valence-corrected chi connectivity index (χ4v) is 7.34. The van der Waals surface area contributed by atoms with Gasteiger partial charge in [0.05, 0.1) is 0 Å². The Balaban J connectivity index is 4.79. The van der Waals surface area contributed by atoms with E-state index < -0.39 is 16.1 Å². The zero-order valence-corrected chi connectivity index (χ0v) is 16.4. The Hall–Kier alpha value is -0.706. The Kier molecular flexibility index (Phi) is 9.73. The van der Waals surface area contributed by atoms with Gasteiger partial charge in [-0.05, 0) is 48.4 Å². The van der Waals surface area contributed by atoms with Crippen molar-refractivity contribution in [3.8, 4) is 22.9 Å². The first-order chi connectivity index (χ1) is 9.57. The molecule has 0 radical (unpaired) electrons. The quantitative estimate of drug-likeness (QED) is 0.440. The van der Waals surface area contributed by atoms with Crippen LogP contribution in [0.3, 0.4) is 0 Å². The third-order valence-corrected chi connectivity index (χ3v) is 14.5. The maximum atomic E-state index is 3.57. The highest BCUT2D eigenvalue weighted by molar-refractivity contribution is 6.87. The topological polar surface area (TPSA) is 0 Å². The van der Waals surface area contributed by atoms with Gasteiger partial charge < -0.3 is 0 Å². The molecule has 0 aliphatic rings. The molecule has 0 rings (SSSR count). The van der Waals surface area contributed by atoms with E-state index in [2.05, 4.69) is 64.5 Å². The van der Waals surface area contributed by atoms with Crippen LogP contribution in [0.4, 0.5) is 0 Å². The SMILES string of the molecule is CC[Si](C#C/C=C/C#C[Si](CC)(CC)CC)(CC)CC. The number of allylic oxidation sites excluding steroid dienone is 2. The van der Waals surface area contributed by atoms with Crippen molar-refractivity contribution in [1.82, 2.24) is 0 Å². The van der Waals surface area contributed by atoms with E-state index >= 15 is 0 Å². The van der Waals surface area contributed by atoms with Gasteiger partial charge in [0.1, 0.15) is 16.1 Å². The molecular weight excluding hydrogens is 272 g/mol. The predicted octanol–water partition coefficient (Wildman–Crippen LogP) is 5.64. The minimum atomic E-state index is -1.29. The Morgan fingerprint density at radius 3 is 1.00 bits per heavy atom. The van der Waals surface area contributed by atoms with E-state index in [0.717, 1.165) is 0 Å². The van der Waals surface area contributed by atoms with E-state index in [1.54, 1.807) is 0 Å². The predicted molar refractivity (Wildman–Crippen MR) is 99.1 cm³/mol. The standard InChI is InChI=1S/C18H32Si2/c1-7-19(8-2,9-3)17-15-13-14-16-18-20(10-4,11-5)12-6/h13-14H,7-12H2,1-6H3/b14-13+. The lowest BCUT2D eigenvalue weighted by atomic mass is 10.5. The van der Waals surface area contributed by atoms with Crippen molar-refractivity contribution < 1.29 is 0 Å². The molecular formula is C18H32Si2. The highest BCUT2D eigenvalue weighted by Crippen LogP contribution is 2.19. The molecule has 0 spiro atoms. The molecule has 0 aliphatic carbocycles. The van der Waals surface area contributed by atoms with Crippen LogP contribution in [0.5, 0.6) is 0 Å². The molecule has 112 valence electrons. The first-order valence-corrected chi connectivity index (χ1v) is 13.5. The molecule has 0 fully saturated rings. The lowest BCUT2D eigenvalue weighted by Crippen LogP contribution is -2.29. The normalized spacial score (nSPS) is 11.7. The zero-order valence-electron chi connectivity index (χ0n) is 14.4. The summed E-state index contributed by atoms with van der Waals surface area (Å²) in [5.41, 5.74) is 7.14. The van der Waals surface area contributed by atoms with Crippen LogP contribution < -0.4 is 0 Å². The molecule has 0 aliphatic heterocycles. The molecule has 20 heavy (non-hydrogen) atoms. The lowest BCUT2D eigenvalue weighted by Gasteiger charge is -2.19. The van der Waals surface area contributed by atoms with Crippen LogP contribution in [0.2, 0.25) is 36.3 Å². The van der Waals surface area contributed by atoms with Crippen molar-refractivity contribution in [2.75, 3.05) is 0 Å². The lowest BCUT2D eigenvalue weighted by molar-refractivity contribution is 1.20. The van der Waals surface area contributed by atoms with Gasteiger partial charge in [-0.25, -0.2) is 0 Å². The Morgan fingerprint density at radius 2 is 0.800 bits per heavy atom. The van der Waals surface area contributed by atoms with Gasteiger partial charge in [-0.2, -0.15) is 0 Å². The van der Waals surface area contributed by atoms with Crippen molar-refractivity contribution in [3.63, 3.8) is 0 Å². The summed E-state index contributed by atoms with van der Waals surface area (Å²) < 4.78 is 0. The number of hydrogen-bond donors (Lipinski definition) is 0. The van der Waals surface area contributed by atoms with Crippen LogP contribution in [0.15, 0.2) is 12.2 Å². The van der Waals surface area contributed by atoms with Crippen LogP contribution in [0, 0.1) is 22.9 Å². The van der Waals surface area contributed by atoms with Gasteiger partial charge in [-0.3, -0.25) is 0 Å². The minimum Gasteiger partial charge on any atom is -0.126 e. The fourth-order valence-electron chi connectivity index (χ4n) is 2.50. The van der Waals surface area contributed by atoms with E-state index in [-0.39, 0.29) is 0 Å². The Labute approximate surface area is 129 Å². The van der Waals surface area contributed by atoms with Crippen molar-refractivity contribution in [2.45, 2.75) is 77.8 Å². The van der Waals surface area contributed by atoms with Crippen molar-refractivity contribution in [3.05, 3.63) is 12.2 Å². The Morgan fingerprint density at radius 1 is 0.550 bits per heavy atom. The summed E-state index contributed by atoms with van der Waals surface area (Å²) in [6.45, 7) is 13.8. The maximum absolute atomic E-state index is 3.57. The largest absolute Gasteiger partial charge is 0.138 e. The summed E-state index contributed by atoms with van der Waals surface area (Å²) in [7, 11) is -2.57. The second-order valence-electron chi connectivity index (χ2n) is 5.55. The summed E-state index contributed by atoms with van der Waals surface area (Å²) in [5, 5.41) is 0. The average Bonchev–Trinajstić information content (AvgIpc) is 2.52. The molecule has 0 amide bonds. The molecule has 0 N–H and O–H groups in total. The number of hydrogen-bond acceptors (Lipinski definition) is 0. The molecule has 0 saturated heterocycles. The molecule has 0 saturated carbocycles. The highest BCUT2D eigenvalue weighted by Gasteiger charge is 2.24. The van der Waals surface area contributed by atoms with E-state index in [9.17, 15) is 0 Å². The van der Waals surface area contributed by atoms with Gasteiger partial charge in [-0.1, -0.05) is 53.4 Å². The van der Waals surface area contributed by atoms with Crippen molar-refractivity contribution in [1.29, 1.82) is 0 Å². The molecule has 0 bridgehead atoms. The van der Waals surface area contributed by atoms with E-state index in [0.29, 0.717) is 0 Å². The monoisotopic (exact) mass is 304 g/mol. The summed E-state index contributed by atoms with van der Waals surface area (Å²) >= 11 is 0. The van der Waals surface area contributed by atoms with Gasteiger partial charge in [0.2, 0.25) is 0 Å². The third-order valence-electron chi connectivity index (χ3n) is 4.99. The first kappa shape index (κ1) is 19.3. The molecule has 0 nitrogen and oxygen atoms in total. The molecule has 0 aromatic rings. The summed E-state index contributed by atoms with van der Waals surface area (Å²) in [6, 6.07) is 7.61. The zero-order chi connectivity index (χ0) is 15.5. The Bertz CT molecular complexity index is 348. The van der Waals surface area contributed by atoms with Gasteiger partial charge in [0.25, 0.3) is 0 Å². The minimum absolute atomic E-state index is 1.27. The van der Waals surface area contributed by atoms with Crippen LogP contribution in [-0.2, 0) is 0 Å². The van der Waals surface area contributed by atoms with Crippen molar-refractivity contribution >= 4 is 16.1 Å². The van der Waals surface area contributed by atoms with Crippen LogP contribution in [0.25, 0.3) is 0 Å². The van der Waals surface area contributed by atoms with Crippen molar-refractivity contribution in [2.24, 2.45) is 0 Å². The van der Waals surface area contributed by atoms with Crippen LogP contribution >= 0.6 is 0 Å². The van der Waals surface area contributed by atoms with E-state index in [1.165, 1.54) is 36.3 Å². The molecule has 0 atom stereocenters. The molecule has 2 heteroatoms. The van der Waals surface area contributed by atoms with Crippen LogP contribution in [-0.4, -0.2) is 16.1 Å². The van der Waals surface area contributed by atoms with Gasteiger partial charge >= 0.3 is 0 Å². The van der Waals surface area contributed by atoms with Gasteiger partial charge in [0, 0.05) is 0 Å². The van der Waals surface area contributed by atoms with Gasteiger partial charge in [0.15, 0.2) is 0 Å².